The second-order valence-corrected chi connectivity index (χ2v) is 14.4. The highest BCUT2D eigenvalue weighted by Gasteiger charge is 2.38. The number of benzene rings is 2. The van der Waals surface area contributed by atoms with E-state index >= 15 is 0 Å². The summed E-state index contributed by atoms with van der Waals surface area (Å²) in [5.74, 6) is 1.42. The van der Waals surface area contributed by atoms with Crippen LogP contribution in [0, 0.1) is 23.7 Å². The lowest BCUT2D eigenvalue weighted by atomic mass is 9.62. The number of hydrogen-bond donors (Lipinski definition) is 2. The van der Waals surface area contributed by atoms with Crippen molar-refractivity contribution in [2.24, 2.45) is 29.4 Å². The second-order valence-electron chi connectivity index (χ2n) is 14.4. The summed E-state index contributed by atoms with van der Waals surface area (Å²) in [5.41, 5.74) is 9.17. The molecule has 0 aromatic heterocycles. The number of carboxylic acids is 1. The van der Waals surface area contributed by atoms with Crippen LogP contribution < -0.4 is 5.73 Å². The molecule has 0 spiro atoms. The SMILES string of the molecule is NCC[C@H](CC[C@@H](C/C=C\CCC1CCCCC1)CCc1ccccc1)[C@H](CC(=O)O)CC1(c2ccccc2)CCCCC1. The van der Waals surface area contributed by atoms with Crippen LogP contribution in [0.1, 0.15) is 133 Å². The summed E-state index contributed by atoms with van der Waals surface area (Å²) in [6, 6.07) is 21.9. The van der Waals surface area contributed by atoms with E-state index in [0.717, 1.165) is 44.4 Å². The van der Waals surface area contributed by atoms with E-state index in [9.17, 15) is 9.90 Å². The minimum atomic E-state index is -0.655. The molecule has 4 rings (SSSR count). The first kappa shape index (κ1) is 34.5. The molecule has 0 bridgehead atoms. The van der Waals surface area contributed by atoms with Gasteiger partial charge in [-0.1, -0.05) is 124 Å². The predicted octanol–water partition coefficient (Wildman–Crippen LogP) is 10.7. The van der Waals surface area contributed by atoms with E-state index in [-0.39, 0.29) is 17.8 Å². The van der Waals surface area contributed by atoms with Crippen molar-refractivity contribution < 1.29 is 9.90 Å². The number of allylic oxidation sites excluding steroid dienone is 2. The summed E-state index contributed by atoms with van der Waals surface area (Å²) in [4.78, 5) is 12.3. The Morgan fingerprint density at radius 2 is 1.50 bits per heavy atom. The Morgan fingerprint density at radius 3 is 2.18 bits per heavy atom. The van der Waals surface area contributed by atoms with Gasteiger partial charge in [0.25, 0.3) is 0 Å². The maximum Gasteiger partial charge on any atom is 0.303 e. The fraction of sp³-hybridized carbons (Fsp3) is 0.634. The van der Waals surface area contributed by atoms with Gasteiger partial charge in [0.2, 0.25) is 0 Å². The van der Waals surface area contributed by atoms with E-state index in [2.05, 4.69) is 72.8 Å². The third-order valence-corrected chi connectivity index (χ3v) is 11.2. The van der Waals surface area contributed by atoms with Gasteiger partial charge in [-0.3, -0.25) is 4.79 Å². The smallest absolute Gasteiger partial charge is 0.303 e. The highest BCUT2D eigenvalue weighted by molar-refractivity contribution is 5.67. The maximum absolute atomic E-state index is 12.3. The molecule has 0 unspecified atom stereocenters. The fourth-order valence-corrected chi connectivity index (χ4v) is 8.65. The summed E-state index contributed by atoms with van der Waals surface area (Å²) >= 11 is 0. The molecular weight excluding hydrogens is 538 g/mol. The monoisotopic (exact) mass is 599 g/mol. The van der Waals surface area contributed by atoms with Crippen LogP contribution >= 0.6 is 0 Å². The zero-order valence-electron chi connectivity index (χ0n) is 27.5. The summed E-state index contributed by atoms with van der Waals surface area (Å²) in [6.45, 7) is 0.634. The summed E-state index contributed by atoms with van der Waals surface area (Å²) in [6.07, 6.45) is 28.6. The summed E-state index contributed by atoms with van der Waals surface area (Å²) in [5, 5.41) is 10.1. The largest absolute Gasteiger partial charge is 0.481 e. The molecule has 3 atom stereocenters. The van der Waals surface area contributed by atoms with Crippen molar-refractivity contribution >= 4 is 5.97 Å². The number of carbonyl (C=O) groups is 1. The molecule has 3 nitrogen and oxygen atoms in total. The quantitative estimate of drug-likeness (QED) is 0.158. The van der Waals surface area contributed by atoms with Gasteiger partial charge in [0.1, 0.15) is 0 Å². The van der Waals surface area contributed by atoms with Crippen LogP contribution in [0.5, 0.6) is 0 Å². The van der Waals surface area contributed by atoms with Crippen molar-refractivity contribution in [3.8, 4) is 0 Å². The number of rotatable bonds is 19. The van der Waals surface area contributed by atoms with Gasteiger partial charge in [-0.15, -0.1) is 0 Å². The van der Waals surface area contributed by atoms with Crippen LogP contribution in [0.2, 0.25) is 0 Å². The predicted molar refractivity (Wildman–Crippen MR) is 186 cm³/mol. The standard InChI is InChI=1S/C41H61NO2/c42-31-28-37(38(32-40(43)44)33-41(29-14-5-15-30-41)39-22-12-4-13-23-39)27-26-36(25-24-35-19-9-3-10-20-35)21-11-2-8-18-34-16-6-1-7-17-34/h2-4,9-13,19-20,22-23,34,36-38H,1,5-8,14-18,21,24-33,42H2,(H,43,44)/b11-2-/t36-,37-,38+/m0/s1. The van der Waals surface area contributed by atoms with Gasteiger partial charge in [0.15, 0.2) is 0 Å². The maximum atomic E-state index is 12.3. The van der Waals surface area contributed by atoms with Gasteiger partial charge in [-0.2, -0.15) is 0 Å². The molecule has 0 saturated heterocycles. The Bertz CT molecular complexity index is 1070. The minimum Gasteiger partial charge on any atom is -0.481 e. The normalized spacial score (nSPS) is 19.5. The van der Waals surface area contributed by atoms with Crippen molar-refractivity contribution in [2.45, 2.75) is 134 Å². The zero-order chi connectivity index (χ0) is 30.9. The molecule has 2 aromatic carbocycles. The van der Waals surface area contributed by atoms with Crippen LogP contribution in [0.25, 0.3) is 0 Å². The Hall–Kier alpha value is -2.39. The average Bonchev–Trinajstić information content (AvgIpc) is 3.06. The third kappa shape index (κ3) is 11.5. The van der Waals surface area contributed by atoms with Gasteiger partial charge >= 0.3 is 5.97 Å². The topological polar surface area (TPSA) is 63.3 Å². The molecule has 2 aliphatic rings. The van der Waals surface area contributed by atoms with Gasteiger partial charge < -0.3 is 10.8 Å². The van der Waals surface area contributed by atoms with Crippen molar-refractivity contribution in [1.82, 2.24) is 0 Å². The molecule has 44 heavy (non-hydrogen) atoms. The van der Waals surface area contributed by atoms with E-state index in [1.165, 1.54) is 94.6 Å². The van der Waals surface area contributed by atoms with Crippen molar-refractivity contribution in [2.75, 3.05) is 6.54 Å². The van der Waals surface area contributed by atoms with Crippen LogP contribution in [0.3, 0.4) is 0 Å². The Balaban J connectivity index is 1.43. The van der Waals surface area contributed by atoms with Crippen LogP contribution in [0.15, 0.2) is 72.8 Å². The van der Waals surface area contributed by atoms with Crippen LogP contribution in [0.4, 0.5) is 0 Å². The van der Waals surface area contributed by atoms with Gasteiger partial charge in [-0.25, -0.2) is 0 Å². The van der Waals surface area contributed by atoms with E-state index in [1.807, 2.05) is 0 Å². The zero-order valence-corrected chi connectivity index (χ0v) is 27.5. The first-order valence-corrected chi connectivity index (χ1v) is 18.2. The summed E-state index contributed by atoms with van der Waals surface area (Å²) < 4.78 is 0. The number of hydrogen-bond acceptors (Lipinski definition) is 2. The molecule has 3 heteroatoms. The lowest BCUT2D eigenvalue weighted by molar-refractivity contribution is -0.138. The molecule has 242 valence electrons. The highest BCUT2D eigenvalue weighted by Crippen LogP contribution is 2.47. The molecule has 2 saturated carbocycles. The Morgan fingerprint density at radius 1 is 0.818 bits per heavy atom. The lowest BCUT2D eigenvalue weighted by Gasteiger charge is -2.42. The molecule has 0 amide bonds. The molecule has 0 aliphatic heterocycles. The third-order valence-electron chi connectivity index (χ3n) is 11.2. The van der Waals surface area contributed by atoms with Crippen molar-refractivity contribution in [3.05, 3.63) is 83.9 Å². The van der Waals surface area contributed by atoms with Gasteiger partial charge in [0, 0.05) is 6.42 Å². The first-order chi connectivity index (χ1) is 21.6. The van der Waals surface area contributed by atoms with Crippen LogP contribution in [-0.4, -0.2) is 17.6 Å². The fourth-order valence-electron chi connectivity index (χ4n) is 8.65. The van der Waals surface area contributed by atoms with Crippen LogP contribution in [-0.2, 0) is 16.6 Å². The molecule has 3 N–H and O–H groups in total. The van der Waals surface area contributed by atoms with Crippen molar-refractivity contribution in [1.29, 1.82) is 0 Å². The van der Waals surface area contributed by atoms with E-state index in [4.69, 9.17) is 5.73 Å². The number of aryl methyl sites for hydroxylation is 1. The second kappa shape index (κ2) is 19.2. The number of aliphatic carboxylic acids is 1. The minimum absolute atomic E-state index is 0.0975. The lowest BCUT2D eigenvalue weighted by Crippen LogP contribution is -2.35. The Kier molecular flexibility index (Phi) is 15.0. The number of carboxylic acid groups (broad SMARTS) is 1. The molecule has 2 aromatic rings. The van der Waals surface area contributed by atoms with E-state index in [0.29, 0.717) is 18.4 Å². The molecule has 0 radical (unpaired) electrons. The average molecular weight is 600 g/mol. The van der Waals surface area contributed by atoms with Gasteiger partial charge in [0.05, 0.1) is 0 Å². The van der Waals surface area contributed by atoms with Crippen molar-refractivity contribution in [3.63, 3.8) is 0 Å². The first-order valence-electron chi connectivity index (χ1n) is 18.2. The Labute approximate surface area is 269 Å². The molecule has 0 heterocycles. The highest BCUT2D eigenvalue weighted by atomic mass is 16.4. The van der Waals surface area contributed by atoms with Gasteiger partial charge in [-0.05, 0) is 117 Å². The molecule has 2 aliphatic carbocycles. The molecular formula is C41H61NO2. The van der Waals surface area contributed by atoms with E-state index < -0.39 is 5.97 Å². The molecule has 2 fully saturated rings. The number of nitrogens with two attached hydrogens (primary N) is 1. The van der Waals surface area contributed by atoms with E-state index in [1.54, 1.807) is 0 Å². The summed E-state index contributed by atoms with van der Waals surface area (Å²) in [7, 11) is 0.